The van der Waals surface area contributed by atoms with Gasteiger partial charge in [0.1, 0.15) is 0 Å². The van der Waals surface area contributed by atoms with E-state index in [4.69, 9.17) is 5.73 Å². The zero-order valence-corrected chi connectivity index (χ0v) is 17.7. The van der Waals surface area contributed by atoms with Gasteiger partial charge in [-0.1, -0.05) is 18.2 Å². The highest BCUT2D eigenvalue weighted by Crippen LogP contribution is 2.09. The molecule has 0 aliphatic carbocycles. The second kappa shape index (κ2) is 11.1. The minimum absolute atomic E-state index is 0. The fraction of sp³-hybridized carbons (Fsp3) is 0.333. The molecule has 0 fully saturated rings. The number of benzene rings is 1. The van der Waals surface area contributed by atoms with Crippen LogP contribution in [0.5, 0.6) is 0 Å². The zero-order valence-electron chi connectivity index (χ0n) is 14.6. The summed E-state index contributed by atoms with van der Waals surface area (Å²) in [6.45, 7) is 1.38. The van der Waals surface area contributed by atoms with Crippen LogP contribution in [0, 0.1) is 0 Å². The highest BCUT2D eigenvalue weighted by atomic mass is 127. The largest absolute Gasteiger partial charge is 0.370 e. The standard InChI is InChI=1S/C18H24N4OS.HI/c1-22(2)17(23)15-6-3-5-14(13-15)8-10-20-18(19)21-11-9-16-7-4-12-24-16;/h3-7,12-13H,8-11H2,1-2H3,(H3,19,20,21);1H. The maximum Gasteiger partial charge on any atom is 0.253 e. The highest BCUT2D eigenvalue weighted by molar-refractivity contribution is 14.0. The van der Waals surface area contributed by atoms with Crippen molar-refractivity contribution in [2.75, 3.05) is 27.2 Å². The summed E-state index contributed by atoms with van der Waals surface area (Å²) in [6.07, 6.45) is 1.70. The third-order valence-electron chi connectivity index (χ3n) is 3.52. The molecule has 0 saturated heterocycles. The molecule has 136 valence electrons. The van der Waals surface area contributed by atoms with Gasteiger partial charge in [-0.15, -0.1) is 35.3 Å². The summed E-state index contributed by atoms with van der Waals surface area (Å²) in [5.74, 6) is 0.478. The number of nitrogens with two attached hydrogens (primary N) is 1. The van der Waals surface area contributed by atoms with Gasteiger partial charge in [0.2, 0.25) is 0 Å². The maximum absolute atomic E-state index is 12.0. The number of aliphatic imine (C=N–C) groups is 1. The van der Waals surface area contributed by atoms with Crippen molar-refractivity contribution < 1.29 is 4.79 Å². The van der Waals surface area contributed by atoms with Gasteiger partial charge in [-0.2, -0.15) is 0 Å². The van der Waals surface area contributed by atoms with E-state index in [2.05, 4.69) is 21.8 Å². The summed E-state index contributed by atoms with van der Waals surface area (Å²) in [5, 5.41) is 5.18. The van der Waals surface area contributed by atoms with Crippen LogP contribution in [0.15, 0.2) is 46.8 Å². The lowest BCUT2D eigenvalue weighted by molar-refractivity contribution is 0.0827. The second-order valence-corrected chi connectivity index (χ2v) is 6.71. The van der Waals surface area contributed by atoms with Gasteiger partial charge >= 0.3 is 0 Å². The third kappa shape index (κ3) is 7.43. The third-order valence-corrected chi connectivity index (χ3v) is 4.46. The van der Waals surface area contributed by atoms with Gasteiger partial charge < -0.3 is 16.0 Å². The molecule has 0 radical (unpaired) electrons. The number of rotatable bonds is 7. The van der Waals surface area contributed by atoms with Gasteiger partial charge in [-0.25, -0.2) is 0 Å². The molecule has 1 heterocycles. The molecule has 25 heavy (non-hydrogen) atoms. The Labute approximate surface area is 170 Å². The van der Waals surface area contributed by atoms with Crippen molar-refractivity contribution in [2.45, 2.75) is 12.8 Å². The molecule has 1 amide bonds. The Bertz CT molecular complexity index is 686. The molecule has 0 aliphatic heterocycles. The molecular formula is C18H25IN4OS. The Morgan fingerprint density at radius 2 is 2.04 bits per heavy atom. The van der Waals surface area contributed by atoms with Crippen molar-refractivity contribution in [3.05, 3.63) is 57.8 Å². The molecule has 2 rings (SSSR count). The van der Waals surface area contributed by atoms with Crippen LogP contribution in [-0.4, -0.2) is 44.0 Å². The topological polar surface area (TPSA) is 70.7 Å². The SMILES string of the molecule is CN(C)C(=O)c1cccc(CCNC(N)=NCCc2cccs2)c1.I. The van der Waals surface area contributed by atoms with E-state index in [0.717, 1.165) is 18.4 Å². The minimum atomic E-state index is 0. The normalized spacial score (nSPS) is 10.9. The molecule has 1 aromatic carbocycles. The van der Waals surface area contributed by atoms with E-state index in [-0.39, 0.29) is 29.9 Å². The summed E-state index contributed by atoms with van der Waals surface area (Å²) in [7, 11) is 3.51. The molecule has 0 bridgehead atoms. The molecule has 0 unspecified atom stereocenters. The number of nitrogens with one attached hydrogen (secondary N) is 1. The van der Waals surface area contributed by atoms with Crippen LogP contribution in [0.3, 0.4) is 0 Å². The first kappa shape index (κ1) is 21.4. The number of amides is 1. The highest BCUT2D eigenvalue weighted by Gasteiger charge is 2.07. The average molecular weight is 472 g/mol. The second-order valence-electron chi connectivity index (χ2n) is 5.67. The monoisotopic (exact) mass is 472 g/mol. The molecule has 0 saturated carbocycles. The zero-order chi connectivity index (χ0) is 17.4. The summed E-state index contributed by atoms with van der Waals surface area (Å²) in [4.78, 5) is 19.2. The van der Waals surface area contributed by atoms with E-state index < -0.39 is 0 Å². The number of carbonyl (C=O) groups excluding carboxylic acids is 1. The van der Waals surface area contributed by atoms with Crippen molar-refractivity contribution in [1.29, 1.82) is 0 Å². The summed E-state index contributed by atoms with van der Waals surface area (Å²) in [5.41, 5.74) is 7.68. The molecule has 0 spiro atoms. The number of nitrogens with zero attached hydrogens (tertiary/aromatic N) is 2. The van der Waals surface area contributed by atoms with E-state index in [1.54, 1.807) is 30.3 Å². The van der Waals surface area contributed by atoms with Crippen LogP contribution < -0.4 is 11.1 Å². The fourth-order valence-electron chi connectivity index (χ4n) is 2.25. The van der Waals surface area contributed by atoms with Crippen molar-refractivity contribution in [3.8, 4) is 0 Å². The Morgan fingerprint density at radius 1 is 1.24 bits per heavy atom. The Hall–Kier alpha value is -1.61. The number of halogens is 1. The maximum atomic E-state index is 12.0. The van der Waals surface area contributed by atoms with Crippen LogP contribution in [0.4, 0.5) is 0 Å². The van der Waals surface area contributed by atoms with Crippen LogP contribution in [0.2, 0.25) is 0 Å². The Kier molecular flexibility index (Phi) is 9.51. The Balaban J connectivity index is 0.00000312. The molecule has 1 aromatic heterocycles. The van der Waals surface area contributed by atoms with E-state index in [1.807, 2.05) is 30.3 Å². The minimum Gasteiger partial charge on any atom is -0.370 e. The van der Waals surface area contributed by atoms with Gasteiger partial charge in [0, 0.05) is 44.0 Å². The number of thiophene rings is 1. The van der Waals surface area contributed by atoms with Crippen LogP contribution in [-0.2, 0) is 12.8 Å². The molecule has 0 atom stereocenters. The van der Waals surface area contributed by atoms with Gasteiger partial charge in [-0.05, 0) is 35.6 Å². The van der Waals surface area contributed by atoms with Crippen molar-refractivity contribution in [1.82, 2.24) is 10.2 Å². The summed E-state index contributed by atoms with van der Waals surface area (Å²) in [6, 6.07) is 11.8. The molecular weight excluding hydrogens is 447 g/mol. The predicted octanol–water partition coefficient (Wildman–Crippen LogP) is 2.76. The average Bonchev–Trinajstić information content (AvgIpc) is 3.07. The van der Waals surface area contributed by atoms with Gasteiger partial charge in [0.05, 0.1) is 0 Å². The number of carbonyl (C=O) groups is 1. The van der Waals surface area contributed by atoms with Crippen LogP contribution in [0.25, 0.3) is 0 Å². The van der Waals surface area contributed by atoms with Crippen molar-refractivity contribution >= 4 is 47.2 Å². The Morgan fingerprint density at radius 3 is 2.72 bits per heavy atom. The number of hydrogen-bond donors (Lipinski definition) is 2. The first-order valence-electron chi connectivity index (χ1n) is 7.93. The van der Waals surface area contributed by atoms with E-state index in [1.165, 1.54) is 4.88 Å². The van der Waals surface area contributed by atoms with E-state index >= 15 is 0 Å². The molecule has 5 nitrogen and oxygen atoms in total. The first-order valence-corrected chi connectivity index (χ1v) is 8.81. The summed E-state index contributed by atoms with van der Waals surface area (Å²) >= 11 is 1.73. The quantitative estimate of drug-likeness (QED) is 0.370. The molecule has 2 aromatic rings. The predicted molar refractivity (Wildman–Crippen MR) is 116 cm³/mol. The van der Waals surface area contributed by atoms with Crippen LogP contribution >= 0.6 is 35.3 Å². The van der Waals surface area contributed by atoms with E-state index in [9.17, 15) is 4.79 Å². The fourth-order valence-corrected chi connectivity index (χ4v) is 2.95. The smallest absolute Gasteiger partial charge is 0.253 e. The summed E-state index contributed by atoms with van der Waals surface area (Å²) < 4.78 is 0. The van der Waals surface area contributed by atoms with Gasteiger partial charge in [0.25, 0.3) is 5.91 Å². The lowest BCUT2D eigenvalue weighted by Gasteiger charge is -2.11. The first-order chi connectivity index (χ1) is 11.6. The van der Waals surface area contributed by atoms with E-state index in [0.29, 0.717) is 24.6 Å². The molecule has 3 N–H and O–H groups in total. The number of hydrogen-bond acceptors (Lipinski definition) is 3. The lowest BCUT2D eigenvalue weighted by Crippen LogP contribution is -2.33. The van der Waals surface area contributed by atoms with Crippen molar-refractivity contribution in [2.24, 2.45) is 10.7 Å². The lowest BCUT2D eigenvalue weighted by atomic mass is 10.1. The van der Waals surface area contributed by atoms with Crippen molar-refractivity contribution in [3.63, 3.8) is 0 Å². The van der Waals surface area contributed by atoms with Gasteiger partial charge in [-0.3, -0.25) is 9.79 Å². The van der Waals surface area contributed by atoms with Crippen LogP contribution in [0.1, 0.15) is 20.8 Å². The number of guanidine groups is 1. The van der Waals surface area contributed by atoms with Gasteiger partial charge in [0.15, 0.2) is 5.96 Å². The molecule has 0 aliphatic rings. The molecule has 7 heteroatoms.